The average Bonchev–Trinajstić information content (AvgIpc) is 2.63. The summed E-state index contributed by atoms with van der Waals surface area (Å²) in [6, 6.07) is 0.544. The van der Waals surface area contributed by atoms with E-state index >= 15 is 0 Å². The molecule has 2 N–H and O–H groups in total. The van der Waals surface area contributed by atoms with Gasteiger partial charge < -0.3 is 25.0 Å². The average molecular weight is 341 g/mol. The van der Waals surface area contributed by atoms with Crippen molar-refractivity contribution in [3.8, 4) is 0 Å². The fourth-order valence-corrected chi connectivity index (χ4v) is 3.38. The molecule has 0 amide bonds. The van der Waals surface area contributed by atoms with E-state index in [2.05, 4.69) is 27.4 Å². The van der Waals surface area contributed by atoms with E-state index < -0.39 is 0 Å². The maximum absolute atomic E-state index is 5.90. The van der Waals surface area contributed by atoms with Crippen LogP contribution in [0.1, 0.15) is 45.4 Å². The van der Waals surface area contributed by atoms with Gasteiger partial charge >= 0.3 is 0 Å². The predicted octanol–water partition coefficient (Wildman–Crippen LogP) is 1.61. The van der Waals surface area contributed by atoms with Crippen molar-refractivity contribution in [2.24, 2.45) is 4.99 Å². The minimum atomic E-state index is 0.393. The number of hydrogen-bond acceptors (Lipinski definition) is 4. The molecule has 2 saturated heterocycles. The zero-order chi connectivity index (χ0) is 17.0. The van der Waals surface area contributed by atoms with Crippen LogP contribution in [-0.2, 0) is 9.47 Å². The smallest absolute Gasteiger partial charge is 0.191 e. The maximum atomic E-state index is 5.90. The Balaban J connectivity index is 1.52. The number of piperidine rings is 1. The van der Waals surface area contributed by atoms with Gasteiger partial charge in [0.15, 0.2) is 5.96 Å². The van der Waals surface area contributed by atoms with Gasteiger partial charge in [0.05, 0.1) is 6.10 Å². The Morgan fingerprint density at radius 3 is 2.62 bits per heavy atom. The Morgan fingerprint density at radius 2 is 1.96 bits per heavy atom. The molecule has 2 aliphatic rings. The zero-order valence-electron chi connectivity index (χ0n) is 15.6. The highest BCUT2D eigenvalue weighted by molar-refractivity contribution is 5.79. The highest BCUT2D eigenvalue weighted by Crippen LogP contribution is 2.11. The molecule has 24 heavy (non-hydrogen) atoms. The Morgan fingerprint density at radius 1 is 1.21 bits per heavy atom. The highest BCUT2D eigenvalue weighted by atomic mass is 16.5. The van der Waals surface area contributed by atoms with E-state index in [-0.39, 0.29) is 0 Å². The molecule has 0 unspecified atom stereocenters. The van der Waals surface area contributed by atoms with Crippen molar-refractivity contribution in [2.45, 2.75) is 57.6 Å². The Bertz CT molecular complexity index is 351. The summed E-state index contributed by atoms with van der Waals surface area (Å²) in [7, 11) is 1.85. The summed E-state index contributed by atoms with van der Waals surface area (Å²) in [5.41, 5.74) is 0. The summed E-state index contributed by atoms with van der Waals surface area (Å²) >= 11 is 0. The fourth-order valence-electron chi connectivity index (χ4n) is 3.38. The second-order valence-corrected chi connectivity index (χ2v) is 6.80. The molecular weight excluding hydrogens is 304 g/mol. The molecular formula is C18H36N4O2. The molecule has 140 valence electrons. The lowest BCUT2D eigenvalue weighted by Gasteiger charge is -2.32. The van der Waals surface area contributed by atoms with Crippen LogP contribution < -0.4 is 10.6 Å². The summed E-state index contributed by atoms with van der Waals surface area (Å²) in [4.78, 5) is 6.91. The van der Waals surface area contributed by atoms with Crippen molar-refractivity contribution in [2.75, 3.05) is 53.0 Å². The van der Waals surface area contributed by atoms with E-state index in [1.165, 1.54) is 38.9 Å². The number of likely N-dealkylation sites (tertiary alicyclic amines) is 1. The standard InChI is InChI=1S/C18H36N4O2/c1-3-10-22-11-5-16(6-12-22)21-18(19-2)20-9-4-13-24-17-7-14-23-15-8-17/h16-17H,3-15H2,1-2H3,(H2,19,20,21). The molecule has 0 aromatic carbocycles. The Hall–Kier alpha value is -0.850. The third-order valence-corrected chi connectivity index (χ3v) is 4.83. The molecule has 0 atom stereocenters. The summed E-state index contributed by atoms with van der Waals surface area (Å²) in [5, 5.41) is 6.97. The van der Waals surface area contributed by atoms with Gasteiger partial charge in [-0.15, -0.1) is 0 Å². The lowest BCUT2D eigenvalue weighted by atomic mass is 10.1. The number of nitrogens with zero attached hydrogens (tertiary/aromatic N) is 2. The minimum Gasteiger partial charge on any atom is -0.381 e. The van der Waals surface area contributed by atoms with Gasteiger partial charge in [0.2, 0.25) is 0 Å². The van der Waals surface area contributed by atoms with Crippen molar-refractivity contribution in [3.63, 3.8) is 0 Å². The van der Waals surface area contributed by atoms with Crippen LogP contribution in [0.15, 0.2) is 4.99 Å². The van der Waals surface area contributed by atoms with Gasteiger partial charge in [0, 0.05) is 52.5 Å². The van der Waals surface area contributed by atoms with Gasteiger partial charge in [-0.2, -0.15) is 0 Å². The van der Waals surface area contributed by atoms with E-state index in [4.69, 9.17) is 9.47 Å². The molecule has 2 fully saturated rings. The minimum absolute atomic E-state index is 0.393. The number of hydrogen-bond donors (Lipinski definition) is 2. The lowest BCUT2D eigenvalue weighted by Crippen LogP contribution is -2.49. The normalized spacial score (nSPS) is 21.8. The second kappa shape index (κ2) is 11.7. The van der Waals surface area contributed by atoms with Crippen LogP contribution in [0.3, 0.4) is 0 Å². The van der Waals surface area contributed by atoms with Crippen LogP contribution in [0, 0.1) is 0 Å². The van der Waals surface area contributed by atoms with E-state index in [0.717, 1.165) is 51.6 Å². The van der Waals surface area contributed by atoms with E-state index in [9.17, 15) is 0 Å². The first-order valence-corrected chi connectivity index (χ1v) is 9.70. The number of guanidine groups is 1. The topological polar surface area (TPSA) is 58.1 Å². The molecule has 0 saturated carbocycles. The van der Waals surface area contributed by atoms with E-state index in [1.807, 2.05) is 7.05 Å². The van der Waals surface area contributed by atoms with Gasteiger partial charge in [-0.05, 0) is 45.1 Å². The molecule has 0 radical (unpaired) electrons. The maximum Gasteiger partial charge on any atom is 0.191 e. The molecule has 0 bridgehead atoms. The molecule has 6 heteroatoms. The van der Waals surface area contributed by atoms with Crippen molar-refractivity contribution < 1.29 is 9.47 Å². The Kier molecular flexibility index (Phi) is 9.46. The summed E-state index contributed by atoms with van der Waals surface area (Å²) < 4.78 is 11.2. The first-order valence-electron chi connectivity index (χ1n) is 9.70. The van der Waals surface area contributed by atoms with Crippen LogP contribution in [0.5, 0.6) is 0 Å². The van der Waals surface area contributed by atoms with Gasteiger partial charge in [-0.3, -0.25) is 4.99 Å². The van der Waals surface area contributed by atoms with Crippen molar-refractivity contribution in [3.05, 3.63) is 0 Å². The number of rotatable bonds is 8. The summed E-state index contributed by atoms with van der Waals surface area (Å²) in [5.74, 6) is 0.926. The molecule has 2 rings (SSSR count). The van der Waals surface area contributed by atoms with Crippen LogP contribution in [-0.4, -0.2) is 76.1 Å². The van der Waals surface area contributed by atoms with Gasteiger partial charge in [0.1, 0.15) is 0 Å². The number of nitrogens with one attached hydrogen (secondary N) is 2. The highest BCUT2D eigenvalue weighted by Gasteiger charge is 2.19. The van der Waals surface area contributed by atoms with Gasteiger partial charge in [-0.25, -0.2) is 0 Å². The second-order valence-electron chi connectivity index (χ2n) is 6.80. The molecule has 0 aliphatic carbocycles. The lowest BCUT2D eigenvalue weighted by molar-refractivity contribution is -0.0320. The SMILES string of the molecule is CCCN1CCC(NC(=NC)NCCCOC2CCOCC2)CC1. The molecule has 0 aromatic heterocycles. The summed E-state index contributed by atoms with van der Waals surface area (Å²) in [6.07, 6.45) is 7.12. The largest absolute Gasteiger partial charge is 0.381 e. The zero-order valence-corrected chi connectivity index (χ0v) is 15.6. The first-order chi connectivity index (χ1) is 11.8. The van der Waals surface area contributed by atoms with Crippen molar-refractivity contribution in [1.29, 1.82) is 0 Å². The molecule has 0 spiro atoms. The molecule has 6 nitrogen and oxygen atoms in total. The molecule has 2 aliphatic heterocycles. The van der Waals surface area contributed by atoms with E-state index in [1.54, 1.807) is 0 Å². The summed E-state index contributed by atoms with van der Waals surface area (Å²) in [6.45, 7) is 9.27. The van der Waals surface area contributed by atoms with Gasteiger partial charge in [0.25, 0.3) is 0 Å². The van der Waals surface area contributed by atoms with Crippen LogP contribution in [0.4, 0.5) is 0 Å². The number of aliphatic imine (C=N–C) groups is 1. The number of ether oxygens (including phenoxy) is 2. The predicted molar refractivity (Wildman–Crippen MR) is 98.7 cm³/mol. The quantitative estimate of drug-likeness (QED) is 0.399. The van der Waals surface area contributed by atoms with Crippen LogP contribution >= 0.6 is 0 Å². The molecule has 0 aromatic rings. The third kappa shape index (κ3) is 7.36. The van der Waals surface area contributed by atoms with Crippen molar-refractivity contribution in [1.82, 2.24) is 15.5 Å². The van der Waals surface area contributed by atoms with Gasteiger partial charge in [-0.1, -0.05) is 6.92 Å². The fraction of sp³-hybridized carbons (Fsp3) is 0.944. The van der Waals surface area contributed by atoms with Crippen molar-refractivity contribution >= 4 is 5.96 Å². The van der Waals surface area contributed by atoms with Crippen LogP contribution in [0.25, 0.3) is 0 Å². The Labute approximate surface area is 147 Å². The van der Waals surface area contributed by atoms with Crippen LogP contribution in [0.2, 0.25) is 0 Å². The van der Waals surface area contributed by atoms with E-state index in [0.29, 0.717) is 12.1 Å². The third-order valence-electron chi connectivity index (χ3n) is 4.83. The molecule has 2 heterocycles. The monoisotopic (exact) mass is 340 g/mol. The first kappa shape index (κ1) is 19.5.